The molecule has 3 N–H and O–H groups in total. The van der Waals surface area contributed by atoms with E-state index in [2.05, 4.69) is 32.6 Å². The Bertz CT molecular complexity index is 1100. The quantitative estimate of drug-likeness (QED) is 0.319. The van der Waals surface area contributed by atoms with Gasteiger partial charge in [-0.25, -0.2) is 0 Å². The van der Waals surface area contributed by atoms with Gasteiger partial charge in [0.15, 0.2) is 0 Å². The third-order valence-electron chi connectivity index (χ3n) is 7.00. The fourth-order valence-corrected chi connectivity index (χ4v) is 5.94. The maximum absolute atomic E-state index is 13.6. The van der Waals surface area contributed by atoms with Gasteiger partial charge in [0.05, 0.1) is 30.2 Å². The van der Waals surface area contributed by atoms with Crippen LogP contribution in [0, 0.1) is 5.92 Å². The Labute approximate surface area is 220 Å². The molecule has 1 aromatic carbocycles. The van der Waals surface area contributed by atoms with E-state index >= 15 is 0 Å². The average molecular weight is 537 g/mol. The highest BCUT2D eigenvalue weighted by atomic mass is 32.2. The van der Waals surface area contributed by atoms with Crippen LogP contribution in [0.5, 0.6) is 0 Å². The van der Waals surface area contributed by atoms with E-state index in [1.807, 2.05) is 43.5 Å². The van der Waals surface area contributed by atoms with E-state index in [-0.39, 0.29) is 19.0 Å². The molecule has 0 radical (unpaired) electrons. The maximum Gasteiger partial charge on any atom is 0.390 e. The van der Waals surface area contributed by atoms with Gasteiger partial charge >= 0.3 is 6.18 Å². The zero-order chi connectivity index (χ0) is 26.6. The molecule has 37 heavy (non-hydrogen) atoms. The first-order chi connectivity index (χ1) is 17.7. The monoisotopic (exact) mass is 536 g/mol. The van der Waals surface area contributed by atoms with Gasteiger partial charge in [0.1, 0.15) is 0 Å². The van der Waals surface area contributed by atoms with Crippen LogP contribution in [0.1, 0.15) is 35.7 Å². The largest absolute Gasteiger partial charge is 0.390 e. The van der Waals surface area contributed by atoms with Crippen molar-refractivity contribution in [2.75, 3.05) is 25.9 Å². The van der Waals surface area contributed by atoms with E-state index in [9.17, 15) is 23.1 Å². The number of hydrogen-bond donors (Lipinski definition) is 3. The van der Waals surface area contributed by atoms with Crippen molar-refractivity contribution in [1.82, 2.24) is 19.5 Å². The molecule has 0 bridgehead atoms. The van der Waals surface area contributed by atoms with Crippen molar-refractivity contribution in [2.24, 2.45) is 5.92 Å². The van der Waals surface area contributed by atoms with Crippen molar-refractivity contribution in [2.45, 2.75) is 57.5 Å². The Morgan fingerprint density at radius 1 is 1.27 bits per heavy atom. The summed E-state index contributed by atoms with van der Waals surface area (Å²) < 4.78 is 41.9. The normalized spacial score (nSPS) is 19.0. The lowest BCUT2D eigenvalue weighted by molar-refractivity contribution is -0.133. The fraction of sp³-hybridized carbons (Fsp3) is 0.519. The van der Waals surface area contributed by atoms with Crippen LogP contribution in [0.4, 0.5) is 13.2 Å². The third kappa shape index (κ3) is 6.91. The SMILES string of the molecule is CCn1cc2c3c1CC(C(=O)N[C@@H](Cc1ccccc1)[C@H](O)CNCCC(F)(F)F)C=C3N(C)SCC2. The van der Waals surface area contributed by atoms with Crippen molar-refractivity contribution in [3.63, 3.8) is 0 Å². The summed E-state index contributed by atoms with van der Waals surface area (Å²) in [6, 6.07) is 8.81. The van der Waals surface area contributed by atoms with Crippen LogP contribution in [0.3, 0.4) is 0 Å². The molecule has 3 atom stereocenters. The maximum atomic E-state index is 13.6. The molecule has 2 heterocycles. The van der Waals surface area contributed by atoms with Gasteiger partial charge in [-0.2, -0.15) is 13.2 Å². The Kier molecular flexibility index (Phi) is 8.92. The fourth-order valence-electron chi connectivity index (χ4n) is 5.06. The minimum Gasteiger partial charge on any atom is -0.390 e. The van der Waals surface area contributed by atoms with Gasteiger partial charge in [-0.1, -0.05) is 30.3 Å². The Hall–Kier alpha value is -2.43. The summed E-state index contributed by atoms with van der Waals surface area (Å²) in [5, 5.41) is 16.6. The molecule has 2 aliphatic rings. The first-order valence-electron chi connectivity index (χ1n) is 12.8. The highest BCUT2D eigenvalue weighted by Crippen LogP contribution is 2.40. The number of amides is 1. The topological polar surface area (TPSA) is 69.5 Å². The highest BCUT2D eigenvalue weighted by molar-refractivity contribution is 7.97. The number of aryl methyl sites for hydroxylation is 2. The van der Waals surface area contributed by atoms with Gasteiger partial charge in [-0.05, 0) is 48.9 Å². The number of rotatable bonds is 10. The number of carbonyl (C=O) groups is 1. The Morgan fingerprint density at radius 2 is 2.03 bits per heavy atom. The van der Waals surface area contributed by atoms with E-state index in [1.165, 1.54) is 11.1 Å². The molecule has 10 heteroatoms. The molecule has 1 unspecified atom stereocenters. The lowest BCUT2D eigenvalue weighted by Gasteiger charge is -2.30. The third-order valence-corrected chi connectivity index (χ3v) is 7.97. The second-order valence-corrected chi connectivity index (χ2v) is 10.9. The second kappa shape index (κ2) is 12.0. The smallest absolute Gasteiger partial charge is 0.390 e. The number of aliphatic hydroxyl groups is 1. The summed E-state index contributed by atoms with van der Waals surface area (Å²) in [5.41, 5.74) is 5.66. The molecule has 1 aliphatic heterocycles. The number of benzene rings is 1. The van der Waals surface area contributed by atoms with E-state index in [4.69, 9.17) is 0 Å². The van der Waals surface area contributed by atoms with Gasteiger partial charge in [0.25, 0.3) is 0 Å². The number of alkyl halides is 3. The molecular formula is C27H35F3N4O2S. The van der Waals surface area contributed by atoms with Crippen LogP contribution in [-0.4, -0.2) is 64.1 Å². The molecule has 1 aromatic heterocycles. The van der Waals surface area contributed by atoms with Crippen molar-refractivity contribution < 1.29 is 23.1 Å². The second-order valence-electron chi connectivity index (χ2n) is 9.65. The highest BCUT2D eigenvalue weighted by Gasteiger charge is 2.34. The number of carbonyl (C=O) groups excluding carboxylic acids is 1. The summed E-state index contributed by atoms with van der Waals surface area (Å²) in [5.74, 6) is 0.360. The van der Waals surface area contributed by atoms with E-state index in [1.54, 1.807) is 11.9 Å². The summed E-state index contributed by atoms with van der Waals surface area (Å²) in [6.07, 6.45) is -0.152. The Balaban J connectivity index is 1.51. The predicted octanol–water partition coefficient (Wildman–Crippen LogP) is 3.79. The molecule has 1 amide bonds. The molecule has 0 spiro atoms. The van der Waals surface area contributed by atoms with Crippen LogP contribution in [-0.2, 0) is 30.6 Å². The number of halogens is 3. The molecule has 6 nitrogen and oxygen atoms in total. The molecule has 1 aliphatic carbocycles. The van der Waals surface area contributed by atoms with Crippen LogP contribution in [0.25, 0.3) is 5.70 Å². The molecule has 4 rings (SSSR count). The number of nitrogens with one attached hydrogen (secondary N) is 2. The summed E-state index contributed by atoms with van der Waals surface area (Å²) in [7, 11) is 2.02. The first-order valence-corrected chi connectivity index (χ1v) is 13.7. The standard InChI is InChI=1S/C27H35F3N4O2S/c1-3-34-17-19-9-12-37-33(2)22-14-20(15-23(34)25(19)22)26(36)32-21(13-18-7-5-4-6-8-18)24(35)16-31-11-10-27(28,29)30/h4-8,14,17,20-21,24,31,35H,3,9-13,15-16H2,1-2H3,(H,32,36)/t20?,21-,24+/m0/s1. The molecule has 0 saturated heterocycles. The van der Waals surface area contributed by atoms with Gasteiger partial charge in [-0.3, -0.25) is 4.79 Å². The molecule has 0 saturated carbocycles. The zero-order valence-corrected chi connectivity index (χ0v) is 22.0. The lowest BCUT2D eigenvalue weighted by Crippen LogP contribution is -2.50. The van der Waals surface area contributed by atoms with Crippen molar-refractivity contribution in [3.8, 4) is 0 Å². The molecular weight excluding hydrogens is 501 g/mol. The minimum atomic E-state index is -4.26. The summed E-state index contributed by atoms with van der Waals surface area (Å²) >= 11 is 1.73. The number of aliphatic hydroxyl groups excluding tert-OH is 1. The van der Waals surface area contributed by atoms with Crippen molar-refractivity contribution in [3.05, 3.63) is 65.0 Å². The van der Waals surface area contributed by atoms with E-state index in [0.717, 1.165) is 35.7 Å². The van der Waals surface area contributed by atoms with Gasteiger partial charge in [-0.15, -0.1) is 0 Å². The molecule has 202 valence electrons. The molecule has 2 aromatic rings. The van der Waals surface area contributed by atoms with Gasteiger partial charge < -0.3 is 24.6 Å². The number of aromatic nitrogens is 1. The lowest BCUT2D eigenvalue weighted by atomic mass is 9.88. The predicted molar refractivity (Wildman–Crippen MR) is 141 cm³/mol. The van der Waals surface area contributed by atoms with Crippen LogP contribution in [0.15, 0.2) is 42.6 Å². The Morgan fingerprint density at radius 3 is 2.73 bits per heavy atom. The van der Waals surface area contributed by atoms with E-state index in [0.29, 0.717) is 12.8 Å². The number of hydrogen-bond acceptors (Lipinski definition) is 5. The number of nitrogens with zero attached hydrogens (tertiary/aromatic N) is 2. The van der Waals surface area contributed by atoms with Crippen molar-refractivity contribution in [1.29, 1.82) is 0 Å². The van der Waals surface area contributed by atoms with Crippen LogP contribution in [0.2, 0.25) is 0 Å². The first kappa shape index (κ1) is 27.6. The van der Waals surface area contributed by atoms with Crippen LogP contribution >= 0.6 is 11.9 Å². The van der Waals surface area contributed by atoms with Gasteiger partial charge in [0.2, 0.25) is 5.91 Å². The summed E-state index contributed by atoms with van der Waals surface area (Å²) in [4.78, 5) is 13.6. The van der Waals surface area contributed by atoms with Crippen LogP contribution < -0.4 is 10.6 Å². The zero-order valence-electron chi connectivity index (χ0n) is 21.2. The van der Waals surface area contributed by atoms with Gasteiger partial charge in [0, 0.05) is 56.3 Å². The average Bonchev–Trinajstić information content (AvgIpc) is 3.14. The summed E-state index contributed by atoms with van der Waals surface area (Å²) in [6.45, 7) is 2.58. The van der Waals surface area contributed by atoms with Crippen molar-refractivity contribution >= 4 is 23.6 Å². The minimum absolute atomic E-state index is 0.0504. The van der Waals surface area contributed by atoms with E-state index < -0.39 is 30.7 Å². The molecule has 0 fully saturated rings.